The highest BCUT2D eigenvalue weighted by atomic mass is 16.1. The van der Waals surface area contributed by atoms with E-state index >= 15 is 0 Å². The van der Waals surface area contributed by atoms with Gasteiger partial charge in [-0.3, -0.25) is 9.59 Å². The smallest absolute Gasteiger partial charge is 0.211 e. The molecule has 0 unspecified atom stereocenters. The number of ketones is 1. The van der Waals surface area contributed by atoms with Crippen molar-refractivity contribution in [3.05, 3.63) is 41.6 Å². The van der Waals surface area contributed by atoms with Crippen LogP contribution < -0.4 is 5.32 Å². The molecule has 0 bridgehead atoms. The summed E-state index contributed by atoms with van der Waals surface area (Å²) < 4.78 is 0. The Morgan fingerprint density at radius 1 is 1.33 bits per heavy atom. The number of carbonyl (C=O) groups excluding carboxylic acids is 2. The van der Waals surface area contributed by atoms with Gasteiger partial charge in [-0.15, -0.1) is 0 Å². The molecule has 1 aromatic carbocycles. The van der Waals surface area contributed by atoms with Crippen molar-refractivity contribution < 1.29 is 9.59 Å². The Balaban J connectivity index is 2.63. The minimum absolute atomic E-state index is 0.154. The van der Waals surface area contributed by atoms with Crippen LogP contribution >= 0.6 is 0 Å². The van der Waals surface area contributed by atoms with Crippen LogP contribution in [0.1, 0.15) is 18.1 Å². The molecule has 3 heteroatoms. The van der Waals surface area contributed by atoms with E-state index < -0.39 is 0 Å². The molecular weight excluding hydrogens is 190 g/mol. The van der Waals surface area contributed by atoms with Crippen molar-refractivity contribution in [3.8, 4) is 0 Å². The van der Waals surface area contributed by atoms with Crippen molar-refractivity contribution in [2.75, 3.05) is 0 Å². The van der Waals surface area contributed by atoms with Crippen LogP contribution in [0, 0.1) is 0 Å². The third kappa shape index (κ3) is 4.22. The first-order chi connectivity index (χ1) is 7.22. The van der Waals surface area contributed by atoms with Crippen LogP contribution in [0.3, 0.4) is 0 Å². The summed E-state index contributed by atoms with van der Waals surface area (Å²) in [4.78, 5) is 20.8. The third-order valence-corrected chi connectivity index (χ3v) is 1.87. The number of carbonyl (C=O) groups is 2. The van der Waals surface area contributed by atoms with Gasteiger partial charge in [0.25, 0.3) is 0 Å². The second kappa shape index (κ2) is 5.75. The lowest BCUT2D eigenvalue weighted by molar-refractivity contribution is -0.116. The van der Waals surface area contributed by atoms with Gasteiger partial charge in [-0.05, 0) is 24.1 Å². The van der Waals surface area contributed by atoms with Gasteiger partial charge < -0.3 is 5.32 Å². The maximum Gasteiger partial charge on any atom is 0.211 e. The van der Waals surface area contributed by atoms with Gasteiger partial charge in [-0.25, -0.2) is 0 Å². The number of nitrogens with one attached hydrogen (secondary N) is 1. The van der Waals surface area contributed by atoms with Crippen LogP contribution in [0.5, 0.6) is 0 Å². The maximum absolute atomic E-state index is 10.8. The molecule has 0 aliphatic rings. The van der Waals surface area contributed by atoms with E-state index in [-0.39, 0.29) is 5.78 Å². The van der Waals surface area contributed by atoms with Crippen molar-refractivity contribution >= 4 is 18.3 Å². The van der Waals surface area contributed by atoms with Gasteiger partial charge in [-0.2, -0.15) is 0 Å². The molecule has 1 rings (SSSR count). The number of Topliss-reactive ketones (excluding diaryl/α,β-unsaturated/α-hetero) is 1. The van der Waals surface area contributed by atoms with Gasteiger partial charge in [-0.1, -0.05) is 24.3 Å². The zero-order valence-electron chi connectivity index (χ0n) is 8.57. The summed E-state index contributed by atoms with van der Waals surface area (Å²) in [6.45, 7) is 1.57. The Morgan fingerprint density at radius 3 is 2.53 bits per heavy atom. The summed E-state index contributed by atoms with van der Waals surface area (Å²) in [5.74, 6) is 0.154. The molecule has 0 radical (unpaired) electrons. The van der Waals surface area contributed by atoms with E-state index in [1.54, 1.807) is 19.2 Å². The summed E-state index contributed by atoms with van der Waals surface area (Å²) in [6.07, 6.45) is 4.43. The molecule has 0 saturated carbocycles. The van der Waals surface area contributed by atoms with Crippen molar-refractivity contribution in [2.45, 2.75) is 13.3 Å². The average Bonchev–Trinajstić information content (AvgIpc) is 2.20. The fraction of sp³-hybridized carbons (Fsp3) is 0.167. The minimum atomic E-state index is 0.154. The second-order valence-electron chi connectivity index (χ2n) is 3.24. The van der Waals surface area contributed by atoms with E-state index in [1.165, 1.54) is 0 Å². The van der Waals surface area contributed by atoms with E-state index in [0.29, 0.717) is 12.8 Å². The molecule has 3 nitrogen and oxygen atoms in total. The predicted octanol–water partition coefficient (Wildman–Crippen LogP) is 1.53. The lowest BCUT2D eigenvalue weighted by Gasteiger charge is -1.98. The maximum atomic E-state index is 10.8. The molecule has 1 N–H and O–H groups in total. The van der Waals surface area contributed by atoms with Crippen LogP contribution in [-0.4, -0.2) is 12.2 Å². The summed E-state index contributed by atoms with van der Waals surface area (Å²) in [5.41, 5.74) is 1.99. The van der Waals surface area contributed by atoms with Crippen molar-refractivity contribution in [1.82, 2.24) is 5.32 Å². The Labute approximate surface area is 88.8 Å². The minimum Gasteiger partial charge on any atom is -0.335 e. The molecule has 0 atom stereocenters. The highest BCUT2D eigenvalue weighted by Gasteiger charge is 1.96. The molecule has 78 valence electrons. The Morgan fingerprint density at radius 2 is 2.00 bits per heavy atom. The lowest BCUT2D eigenvalue weighted by atomic mass is 10.1. The predicted molar refractivity (Wildman–Crippen MR) is 59.1 cm³/mol. The van der Waals surface area contributed by atoms with Crippen LogP contribution in [0.4, 0.5) is 0 Å². The number of rotatable bonds is 5. The molecular formula is C12H13NO2. The van der Waals surface area contributed by atoms with E-state index in [1.807, 2.05) is 24.3 Å². The quantitative estimate of drug-likeness (QED) is 0.738. The average molecular weight is 203 g/mol. The van der Waals surface area contributed by atoms with Crippen LogP contribution in [0.15, 0.2) is 30.5 Å². The fourth-order valence-corrected chi connectivity index (χ4v) is 1.22. The van der Waals surface area contributed by atoms with E-state index in [4.69, 9.17) is 0 Å². The van der Waals surface area contributed by atoms with E-state index in [9.17, 15) is 9.59 Å². The molecule has 0 saturated heterocycles. The van der Waals surface area contributed by atoms with Gasteiger partial charge in [0.2, 0.25) is 6.41 Å². The van der Waals surface area contributed by atoms with Gasteiger partial charge in [0.1, 0.15) is 5.78 Å². The molecule has 1 amide bonds. The highest BCUT2D eigenvalue weighted by Crippen LogP contribution is 2.06. The van der Waals surface area contributed by atoms with Crippen LogP contribution in [-0.2, 0) is 16.0 Å². The standard InChI is InChI=1S/C12H13NO2/c1-10(15)8-12-4-2-11(3-5-12)6-7-13-9-14/h2-7,9H,8H2,1H3,(H,13,14). The summed E-state index contributed by atoms with van der Waals surface area (Å²) >= 11 is 0. The first-order valence-corrected chi connectivity index (χ1v) is 4.67. The number of hydrogen-bond acceptors (Lipinski definition) is 2. The zero-order valence-corrected chi connectivity index (χ0v) is 8.57. The molecule has 0 fully saturated rings. The SMILES string of the molecule is CC(=O)Cc1ccc(C=CNC=O)cc1. The monoisotopic (exact) mass is 203 g/mol. The van der Waals surface area contributed by atoms with E-state index in [2.05, 4.69) is 5.32 Å². The van der Waals surface area contributed by atoms with Crippen molar-refractivity contribution in [3.63, 3.8) is 0 Å². The van der Waals surface area contributed by atoms with Gasteiger partial charge in [0.05, 0.1) is 0 Å². The van der Waals surface area contributed by atoms with Gasteiger partial charge in [0, 0.05) is 12.6 Å². The molecule has 0 aliphatic heterocycles. The fourth-order valence-electron chi connectivity index (χ4n) is 1.22. The summed E-state index contributed by atoms with van der Waals surface area (Å²) in [6, 6.07) is 7.62. The first-order valence-electron chi connectivity index (χ1n) is 4.67. The Kier molecular flexibility index (Phi) is 4.29. The van der Waals surface area contributed by atoms with Crippen molar-refractivity contribution in [2.24, 2.45) is 0 Å². The Bertz CT molecular complexity index is 366. The normalized spacial score (nSPS) is 10.2. The zero-order chi connectivity index (χ0) is 11.1. The largest absolute Gasteiger partial charge is 0.335 e. The van der Waals surface area contributed by atoms with Gasteiger partial charge >= 0.3 is 0 Å². The molecule has 0 aromatic heterocycles. The first kappa shape index (κ1) is 11.2. The molecule has 15 heavy (non-hydrogen) atoms. The summed E-state index contributed by atoms with van der Waals surface area (Å²) in [7, 11) is 0. The third-order valence-electron chi connectivity index (χ3n) is 1.87. The highest BCUT2D eigenvalue weighted by molar-refractivity contribution is 5.78. The summed E-state index contributed by atoms with van der Waals surface area (Å²) in [5, 5.41) is 2.43. The Hall–Kier alpha value is -1.90. The topological polar surface area (TPSA) is 46.2 Å². The van der Waals surface area contributed by atoms with Gasteiger partial charge in [0.15, 0.2) is 0 Å². The molecule has 0 aliphatic carbocycles. The molecule has 0 spiro atoms. The van der Waals surface area contributed by atoms with E-state index in [0.717, 1.165) is 11.1 Å². The number of amides is 1. The van der Waals surface area contributed by atoms with Crippen LogP contribution in [0.25, 0.3) is 6.08 Å². The molecule has 0 heterocycles. The number of benzene rings is 1. The van der Waals surface area contributed by atoms with Crippen LogP contribution in [0.2, 0.25) is 0 Å². The van der Waals surface area contributed by atoms with Crippen molar-refractivity contribution in [1.29, 1.82) is 0 Å². The number of hydrogen-bond donors (Lipinski definition) is 1. The molecule has 1 aromatic rings. The second-order valence-corrected chi connectivity index (χ2v) is 3.24. The lowest BCUT2D eigenvalue weighted by Crippen LogP contribution is -1.98.